The fourth-order valence-electron chi connectivity index (χ4n) is 1.19. The molecule has 0 bridgehead atoms. The third-order valence-electron chi connectivity index (χ3n) is 1.99. The van der Waals surface area contributed by atoms with E-state index in [-0.39, 0.29) is 5.91 Å². The number of benzene rings is 1. The summed E-state index contributed by atoms with van der Waals surface area (Å²) in [7, 11) is 0. The number of likely N-dealkylation sites (tertiary alicyclic amines) is 1. The number of carbonyl (C=O) groups excluding carboxylic acids is 1. The zero-order valence-corrected chi connectivity index (χ0v) is 6.73. The summed E-state index contributed by atoms with van der Waals surface area (Å²) < 4.78 is 0. The first-order valence-electron chi connectivity index (χ1n) is 4.06. The summed E-state index contributed by atoms with van der Waals surface area (Å²) in [6, 6.07) is 9.89. The largest absolute Gasteiger partial charge is 0.333 e. The van der Waals surface area contributed by atoms with Gasteiger partial charge >= 0.3 is 0 Å². The maximum absolute atomic E-state index is 10.9. The highest BCUT2D eigenvalue weighted by Gasteiger charge is 2.23. The molecule has 0 atom stereocenters. The van der Waals surface area contributed by atoms with Gasteiger partial charge in [-0.05, 0) is 5.56 Å². The molecule has 1 amide bonds. The van der Waals surface area contributed by atoms with Crippen LogP contribution in [0.3, 0.4) is 0 Å². The van der Waals surface area contributed by atoms with Crippen molar-refractivity contribution in [1.29, 1.82) is 0 Å². The molecule has 2 rings (SSSR count). The van der Waals surface area contributed by atoms with Crippen LogP contribution in [0.2, 0.25) is 0 Å². The minimum atomic E-state index is 0.221. The minimum absolute atomic E-state index is 0.221. The van der Waals surface area contributed by atoms with E-state index in [1.54, 1.807) is 4.90 Å². The van der Waals surface area contributed by atoms with E-state index in [9.17, 15) is 4.79 Å². The van der Waals surface area contributed by atoms with Crippen molar-refractivity contribution in [3.8, 4) is 0 Å². The van der Waals surface area contributed by atoms with E-state index in [1.165, 1.54) is 0 Å². The van der Waals surface area contributed by atoms with Crippen molar-refractivity contribution in [1.82, 2.24) is 4.90 Å². The van der Waals surface area contributed by atoms with Crippen molar-refractivity contribution in [3.05, 3.63) is 42.4 Å². The van der Waals surface area contributed by atoms with Crippen LogP contribution in [0, 0.1) is 6.54 Å². The van der Waals surface area contributed by atoms with Crippen LogP contribution in [0.1, 0.15) is 12.0 Å². The Bertz CT molecular complexity index is 281. The van der Waals surface area contributed by atoms with Crippen LogP contribution in [0.4, 0.5) is 0 Å². The van der Waals surface area contributed by atoms with Gasteiger partial charge in [-0.1, -0.05) is 30.3 Å². The number of hydrogen-bond donors (Lipinski definition) is 0. The van der Waals surface area contributed by atoms with E-state index in [4.69, 9.17) is 0 Å². The van der Waals surface area contributed by atoms with Crippen LogP contribution in [0.5, 0.6) is 0 Å². The number of amides is 1. The summed E-state index contributed by atoms with van der Waals surface area (Å²) in [5.74, 6) is 0.221. The first kappa shape index (κ1) is 7.35. The molecule has 0 aromatic heterocycles. The molecule has 2 nitrogen and oxygen atoms in total. The second-order valence-corrected chi connectivity index (χ2v) is 2.88. The Morgan fingerprint density at radius 3 is 2.50 bits per heavy atom. The zero-order chi connectivity index (χ0) is 8.39. The zero-order valence-electron chi connectivity index (χ0n) is 6.73. The standard InChI is InChI=1S/C10H10NO/c12-10-6-7-11(10)8-9-4-2-1-3-5-9/h1-5,8H,6-7H2. The summed E-state index contributed by atoms with van der Waals surface area (Å²) in [5.41, 5.74) is 1.09. The number of hydrogen-bond acceptors (Lipinski definition) is 1. The van der Waals surface area contributed by atoms with Crippen LogP contribution >= 0.6 is 0 Å². The Hall–Kier alpha value is -1.31. The van der Waals surface area contributed by atoms with Gasteiger partial charge in [0, 0.05) is 13.0 Å². The van der Waals surface area contributed by atoms with Crippen LogP contribution in [0.25, 0.3) is 0 Å². The van der Waals surface area contributed by atoms with Crippen molar-refractivity contribution >= 4 is 5.91 Å². The van der Waals surface area contributed by atoms with Crippen molar-refractivity contribution in [2.24, 2.45) is 0 Å². The van der Waals surface area contributed by atoms with Crippen LogP contribution in [0.15, 0.2) is 30.3 Å². The van der Waals surface area contributed by atoms with Gasteiger partial charge in [-0.15, -0.1) is 0 Å². The topological polar surface area (TPSA) is 20.3 Å². The van der Waals surface area contributed by atoms with E-state index in [2.05, 4.69) is 0 Å². The second-order valence-electron chi connectivity index (χ2n) is 2.88. The lowest BCUT2D eigenvalue weighted by atomic mass is 10.1. The SMILES string of the molecule is O=C1CCN1[CH]c1ccccc1. The van der Waals surface area contributed by atoms with E-state index >= 15 is 0 Å². The molecule has 0 unspecified atom stereocenters. The first-order chi connectivity index (χ1) is 5.86. The van der Waals surface area contributed by atoms with Gasteiger partial charge in [-0.3, -0.25) is 4.79 Å². The highest BCUT2D eigenvalue weighted by Crippen LogP contribution is 2.14. The normalized spacial score (nSPS) is 16.0. The number of carbonyl (C=O) groups is 1. The Labute approximate surface area is 71.8 Å². The van der Waals surface area contributed by atoms with E-state index in [1.807, 2.05) is 36.9 Å². The predicted molar refractivity (Wildman–Crippen MR) is 46.2 cm³/mol. The average molecular weight is 160 g/mol. The number of β-lactam (4-membered cyclic amide) rings is 1. The maximum Gasteiger partial charge on any atom is 0.224 e. The summed E-state index contributed by atoms with van der Waals surface area (Å²) in [5, 5.41) is 0. The fraction of sp³-hybridized carbons (Fsp3) is 0.200. The molecule has 0 spiro atoms. The molecule has 61 valence electrons. The molecule has 0 aliphatic carbocycles. The third-order valence-corrected chi connectivity index (χ3v) is 1.99. The molecule has 0 N–H and O–H groups in total. The van der Waals surface area contributed by atoms with Crippen LogP contribution in [-0.4, -0.2) is 17.4 Å². The Kier molecular flexibility index (Phi) is 1.82. The molecule has 0 saturated carbocycles. The fourth-order valence-corrected chi connectivity index (χ4v) is 1.19. The van der Waals surface area contributed by atoms with Crippen LogP contribution < -0.4 is 0 Å². The molecule has 1 fully saturated rings. The second kappa shape index (κ2) is 2.97. The van der Waals surface area contributed by atoms with Gasteiger partial charge in [-0.25, -0.2) is 0 Å². The molecular weight excluding hydrogens is 150 g/mol. The van der Waals surface area contributed by atoms with E-state index in [0.717, 1.165) is 12.1 Å². The van der Waals surface area contributed by atoms with Gasteiger partial charge < -0.3 is 4.90 Å². The molecule has 1 heterocycles. The number of nitrogens with zero attached hydrogens (tertiary/aromatic N) is 1. The van der Waals surface area contributed by atoms with Gasteiger partial charge in [0.1, 0.15) is 0 Å². The van der Waals surface area contributed by atoms with Gasteiger partial charge in [-0.2, -0.15) is 0 Å². The molecule has 1 aromatic rings. The molecule has 1 radical (unpaired) electrons. The minimum Gasteiger partial charge on any atom is -0.333 e. The van der Waals surface area contributed by atoms with Crippen LogP contribution in [-0.2, 0) is 4.79 Å². The third kappa shape index (κ3) is 1.33. The number of rotatable bonds is 2. The van der Waals surface area contributed by atoms with Gasteiger partial charge in [0.15, 0.2) is 0 Å². The molecule has 12 heavy (non-hydrogen) atoms. The Balaban J connectivity index is 2.00. The highest BCUT2D eigenvalue weighted by molar-refractivity contribution is 5.82. The quantitative estimate of drug-likeness (QED) is 0.599. The Morgan fingerprint density at radius 2 is 2.00 bits per heavy atom. The monoisotopic (exact) mass is 160 g/mol. The van der Waals surface area contributed by atoms with Crippen molar-refractivity contribution in [2.45, 2.75) is 6.42 Å². The molecular formula is C10H10NO. The highest BCUT2D eigenvalue weighted by atomic mass is 16.2. The molecule has 1 aromatic carbocycles. The molecule has 1 saturated heterocycles. The Morgan fingerprint density at radius 1 is 1.25 bits per heavy atom. The smallest absolute Gasteiger partial charge is 0.224 e. The first-order valence-corrected chi connectivity index (χ1v) is 4.06. The lowest BCUT2D eigenvalue weighted by Crippen LogP contribution is -2.41. The molecule has 1 aliphatic rings. The maximum atomic E-state index is 10.9. The summed E-state index contributed by atoms with van der Waals surface area (Å²) in [6.07, 6.45) is 0.698. The average Bonchev–Trinajstić information content (AvgIpc) is 2.14. The summed E-state index contributed by atoms with van der Waals surface area (Å²) >= 11 is 0. The van der Waals surface area contributed by atoms with E-state index in [0.29, 0.717) is 6.42 Å². The summed E-state index contributed by atoms with van der Waals surface area (Å²) in [6.45, 7) is 2.76. The van der Waals surface area contributed by atoms with Crippen molar-refractivity contribution < 1.29 is 4.79 Å². The van der Waals surface area contributed by atoms with Gasteiger partial charge in [0.25, 0.3) is 0 Å². The van der Waals surface area contributed by atoms with Gasteiger partial charge in [0.2, 0.25) is 5.91 Å². The summed E-state index contributed by atoms with van der Waals surface area (Å²) in [4.78, 5) is 12.7. The van der Waals surface area contributed by atoms with E-state index < -0.39 is 0 Å². The van der Waals surface area contributed by atoms with Gasteiger partial charge in [0.05, 0.1) is 6.54 Å². The van der Waals surface area contributed by atoms with Crippen molar-refractivity contribution in [2.75, 3.05) is 6.54 Å². The lowest BCUT2D eigenvalue weighted by molar-refractivity contribution is -0.137. The lowest BCUT2D eigenvalue weighted by Gasteiger charge is -2.29. The predicted octanol–water partition coefficient (Wildman–Crippen LogP) is 1.43. The molecule has 2 heteroatoms. The van der Waals surface area contributed by atoms with Crippen molar-refractivity contribution in [3.63, 3.8) is 0 Å². The molecule has 1 aliphatic heterocycles.